The molecule has 24 N–H and O–H groups in total. The number of nitrogens with one attached hydrogen (secondary N) is 12. The van der Waals surface area contributed by atoms with Crippen molar-refractivity contribution in [2.24, 2.45) is 45.5 Å². The highest BCUT2D eigenvalue weighted by atomic mass is 16.3. The third kappa shape index (κ3) is 28.3. The van der Waals surface area contributed by atoms with Crippen LogP contribution in [0.5, 0.6) is 5.75 Å². The van der Waals surface area contributed by atoms with E-state index in [4.69, 9.17) is 28.7 Å². The van der Waals surface area contributed by atoms with E-state index >= 15 is 0 Å². The summed E-state index contributed by atoms with van der Waals surface area (Å²) in [5.41, 5.74) is 30.8. The zero-order valence-electron chi connectivity index (χ0n) is 58.0. The van der Waals surface area contributed by atoms with E-state index in [0.29, 0.717) is 29.5 Å². The number of aromatic amines is 1. The van der Waals surface area contributed by atoms with Crippen molar-refractivity contribution in [3.05, 3.63) is 102 Å². The Bertz CT molecular complexity index is 3440. The maximum absolute atomic E-state index is 14.7. The number of hydrogen-bond donors (Lipinski definition) is 19. The van der Waals surface area contributed by atoms with Crippen molar-refractivity contribution in [2.75, 3.05) is 19.6 Å². The number of H-pyrrole nitrogens is 1. The maximum atomic E-state index is 14.7. The van der Waals surface area contributed by atoms with Gasteiger partial charge in [-0.1, -0.05) is 88.4 Å². The SMILES string of the molecule is CC(C)C[C@H](NC(=O)[C@H](CC(C)C)NC(=O)[C@H](Cc1ccccc1)NC(=O)[C@H](Cc1ccc(O)cc1)NC(=O)[C@H](C)NC(=O)[C@@H](N)[C@@H](C)O)C(=O)N[C@@H](CCCCN)C(=O)N[C@@H](C)C(=O)N[C@@H](C)C(=O)NCC(=O)N[C@@H](CCCN=C(N)N)C(=O)N[C@@H](Cc1c[nH]c2ccccc12)C(N)=O. The smallest absolute Gasteiger partial charge is 0.243 e. The molecule has 0 fully saturated rings. The van der Waals surface area contributed by atoms with Gasteiger partial charge in [-0.05, 0) is 126 Å². The van der Waals surface area contributed by atoms with Crippen LogP contribution in [0.3, 0.4) is 0 Å². The quantitative estimate of drug-likeness (QED) is 0.0123. The van der Waals surface area contributed by atoms with Crippen LogP contribution in [0.25, 0.3) is 10.9 Å². The summed E-state index contributed by atoms with van der Waals surface area (Å²) in [7, 11) is 0. The maximum Gasteiger partial charge on any atom is 0.243 e. The highest BCUT2D eigenvalue weighted by molar-refractivity contribution is 5.99. The van der Waals surface area contributed by atoms with Crippen LogP contribution < -0.4 is 87.2 Å². The molecule has 0 bridgehead atoms. The van der Waals surface area contributed by atoms with E-state index in [9.17, 15) is 67.7 Å². The minimum Gasteiger partial charge on any atom is -0.508 e. The molecule has 0 spiro atoms. The number of fused-ring (bicyclic) bond motifs is 1. The zero-order chi connectivity index (χ0) is 74.3. The summed E-state index contributed by atoms with van der Waals surface area (Å²) >= 11 is 0. The number of nitrogens with two attached hydrogens (primary N) is 5. The van der Waals surface area contributed by atoms with Crippen LogP contribution in [0.15, 0.2) is 90.1 Å². The molecule has 4 rings (SSSR count). The normalized spacial score (nSPS) is 14.8. The van der Waals surface area contributed by atoms with Gasteiger partial charge in [-0.3, -0.25) is 62.5 Å². The summed E-state index contributed by atoms with van der Waals surface area (Å²) in [6.07, 6.45) is 1.36. The van der Waals surface area contributed by atoms with E-state index in [1.807, 2.05) is 24.3 Å². The minimum absolute atomic E-state index is 0.00312. The number of aliphatic hydroxyl groups is 1. The van der Waals surface area contributed by atoms with Crippen molar-refractivity contribution in [3.8, 4) is 5.75 Å². The van der Waals surface area contributed by atoms with Gasteiger partial charge in [0.05, 0.1) is 12.6 Å². The topological polar surface area (TPSA) is 536 Å². The number of benzene rings is 3. The highest BCUT2D eigenvalue weighted by Gasteiger charge is 2.36. The second-order valence-electron chi connectivity index (χ2n) is 25.7. The average Bonchev–Trinajstić information content (AvgIpc) is 1.63. The van der Waals surface area contributed by atoms with Gasteiger partial charge in [0, 0.05) is 42.9 Å². The molecule has 100 heavy (non-hydrogen) atoms. The lowest BCUT2D eigenvalue weighted by Gasteiger charge is -2.29. The Labute approximate surface area is 581 Å². The number of aliphatic imine (C=N–C) groups is 1. The van der Waals surface area contributed by atoms with Crippen LogP contribution in [-0.2, 0) is 76.8 Å². The number of carbonyl (C=O) groups is 12. The van der Waals surface area contributed by atoms with Crippen LogP contribution in [0.4, 0.5) is 0 Å². The standard InChI is InChI=1S/C68H102N18O14/c1-36(2)29-51(84-64(97)52(30-37(3)4)85-66(99)54(31-42-17-10-9-11-18-42)86-65(98)53(32-43-23-25-45(88)26-24-43)83-60(93)40(7)79-67(100)56(70)41(8)87)63(96)81-49(21-14-15-27-69)61(94)78-39(6)59(92)77-38(5)58(91)76-35-55(89)80-48(22-16-28-74-68(72)73)62(95)82-50(57(71)90)33-44-34-75-47-20-13-12-19-46(44)47/h9-13,17-20,23-26,34,36-41,48-54,56,75,87-88H,14-16,21-22,27-33,35,69-70H2,1-8H3,(H2,71,90)(H,76,91)(H,77,92)(H,78,94)(H,79,100)(H,80,89)(H,81,96)(H,82,95)(H,83,93)(H,84,97)(H,85,99)(H,86,98)(H4,72,73,74)/t38-,39-,40-,41+,48-,49-,50-,51-,52-,53-,54-,56-/m0/s1. The summed E-state index contributed by atoms with van der Waals surface area (Å²) in [6.45, 7) is 12.2. The van der Waals surface area contributed by atoms with E-state index < -0.39 is 150 Å². The second-order valence-corrected chi connectivity index (χ2v) is 25.7. The van der Waals surface area contributed by atoms with Crippen molar-refractivity contribution in [3.63, 3.8) is 0 Å². The third-order valence-corrected chi connectivity index (χ3v) is 16.0. The Morgan fingerprint density at radius 2 is 0.910 bits per heavy atom. The van der Waals surface area contributed by atoms with Gasteiger partial charge in [0.1, 0.15) is 72.2 Å². The van der Waals surface area contributed by atoms with Crippen molar-refractivity contribution in [2.45, 2.75) is 192 Å². The van der Waals surface area contributed by atoms with Gasteiger partial charge in [0.2, 0.25) is 70.9 Å². The Morgan fingerprint density at radius 1 is 0.470 bits per heavy atom. The minimum atomic E-state index is -1.39. The molecule has 0 aliphatic carbocycles. The molecule has 32 heteroatoms. The van der Waals surface area contributed by atoms with Crippen LogP contribution in [-0.4, -0.2) is 184 Å². The van der Waals surface area contributed by atoms with E-state index in [1.54, 1.807) is 64.2 Å². The molecular weight excluding hydrogens is 1290 g/mol. The molecule has 0 aliphatic heterocycles. The number of aliphatic hydroxyl groups excluding tert-OH is 1. The Kier molecular flexibility index (Phi) is 33.9. The Morgan fingerprint density at radius 3 is 1.46 bits per heavy atom. The van der Waals surface area contributed by atoms with Gasteiger partial charge in [0.15, 0.2) is 5.96 Å². The van der Waals surface area contributed by atoms with Crippen LogP contribution in [0.1, 0.15) is 117 Å². The molecule has 0 aliphatic rings. The fourth-order valence-corrected chi connectivity index (χ4v) is 10.4. The molecule has 0 saturated heterocycles. The molecular formula is C68H102N18O14. The number of nitrogens with zero attached hydrogens (tertiary/aromatic N) is 1. The third-order valence-electron chi connectivity index (χ3n) is 16.0. The number of amides is 12. The van der Waals surface area contributed by atoms with Crippen LogP contribution in [0.2, 0.25) is 0 Å². The number of primary amides is 1. The Balaban J connectivity index is 1.45. The van der Waals surface area contributed by atoms with Crippen molar-refractivity contribution in [1.29, 1.82) is 0 Å². The predicted octanol–water partition coefficient (Wildman–Crippen LogP) is -2.61. The van der Waals surface area contributed by atoms with Gasteiger partial charge in [0.25, 0.3) is 0 Å². The molecule has 0 unspecified atom stereocenters. The molecule has 1 heterocycles. The largest absolute Gasteiger partial charge is 0.508 e. The van der Waals surface area contributed by atoms with Crippen molar-refractivity contribution >= 4 is 87.7 Å². The summed E-state index contributed by atoms with van der Waals surface area (Å²) in [6, 6.07) is 7.49. The van der Waals surface area contributed by atoms with Gasteiger partial charge in [-0.15, -0.1) is 0 Å². The zero-order valence-corrected chi connectivity index (χ0v) is 58.0. The Hall–Kier alpha value is -10.2. The molecule has 548 valence electrons. The first-order valence-electron chi connectivity index (χ1n) is 33.4. The van der Waals surface area contributed by atoms with E-state index in [0.717, 1.165) is 10.9 Å². The summed E-state index contributed by atoms with van der Waals surface area (Å²) in [4.78, 5) is 172. The number of rotatable bonds is 42. The predicted molar refractivity (Wildman–Crippen MR) is 374 cm³/mol. The molecule has 0 radical (unpaired) electrons. The highest BCUT2D eigenvalue weighted by Crippen LogP contribution is 2.20. The lowest BCUT2D eigenvalue weighted by molar-refractivity contribution is -0.136. The molecule has 12 atom stereocenters. The molecule has 1 aromatic heterocycles. The number of phenols is 1. The first kappa shape index (κ1) is 82.2. The molecule has 32 nitrogen and oxygen atoms in total. The lowest BCUT2D eigenvalue weighted by Crippen LogP contribution is -2.61. The molecule has 0 saturated carbocycles. The van der Waals surface area contributed by atoms with Crippen LogP contribution in [0, 0.1) is 11.8 Å². The number of aromatic nitrogens is 1. The fraction of sp³-hybridized carbons (Fsp3) is 0.515. The fourth-order valence-electron chi connectivity index (χ4n) is 10.4. The summed E-state index contributed by atoms with van der Waals surface area (Å²) in [5.74, 6) is -10.4. The van der Waals surface area contributed by atoms with Gasteiger partial charge in [-0.2, -0.15) is 0 Å². The number of carbonyl (C=O) groups excluding carboxylic acids is 12. The number of hydrogen-bond acceptors (Lipinski definition) is 17. The van der Waals surface area contributed by atoms with Gasteiger partial charge < -0.3 is 102 Å². The number of guanidine groups is 1. The number of para-hydroxylation sites is 1. The summed E-state index contributed by atoms with van der Waals surface area (Å²) in [5, 5.41) is 49.3. The van der Waals surface area contributed by atoms with Gasteiger partial charge in [-0.25, -0.2) is 0 Å². The monoisotopic (exact) mass is 1390 g/mol. The first-order chi connectivity index (χ1) is 47.3. The lowest BCUT2D eigenvalue weighted by atomic mass is 9.98. The number of unbranched alkanes of at least 4 members (excludes halogenated alkanes) is 1. The van der Waals surface area contributed by atoms with E-state index in [2.05, 4.69) is 68.5 Å². The molecule has 3 aromatic carbocycles. The van der Waals surface area contributed by atoms with E-state index in [-0.39, 0.29) is 88.0 Å². The summed E-state index contributed by atoms with van der Waals surface area (Å²) < 4.78 is 0. The molecule has 12 amide bonds. The average molecular weight is 1400 g/mol. The number of phenolic OH excluding ortho intramolecular Hbond substituents is 1. The molecule has 4 aromatic rings. The van der Waals surface area contributed by atoms with Crippen molar-refractivity contribution in [1.82, 2.24) is 63.5 Å². The van der Waals surface area contributed by atoms with E-state index in [1.165, 1.54) is 52.0 Å². The second kappa shape index (κ2) is 41.3. The van der Waals surface area contributed by atoms with Gasteiger partial charge >= 0.3 is 0 Å². The first-order valence-corrected chi connectivity index (χ1v) is 33.4. The van der Waals surface area contributed by atoms with Crippen LogP contribution >= 0.6 is 0 Å². The number of aromatic hydroxyl groups is 1. The van der Waals surface area contributed by atoms with Crippen molar-refractivity contribution < 1.29 is 67.7 Å².